The minimum absolute atomic E-state index is 0.0717. The van der Waals surface area contributed by atoms with Crippen LogP contribution < -0.4 is 61.3 Å². The number of rotatable bonds is 22. The maximum Gasteiger partial charge on any atom is 0.416 e. The summed E-state index contributed by atoms with van der Waals surface area (Å²) in [7, 11) is 1.74. The van der Waals surface area contributed by atoms with Crippen molar-refractivity contribution in [2.45, 2.75) is 64.9 Å². The molecule has 1 spiro atoms. The van der Waals surface area contributed by atoms with Gasteiger partial charge in [-0.1, -0.05) is 48.5 Å². The van der Waals surface area contributed by atoms with Crippen molar-refractivity contribution >= 4 is 93.4 Å². The number of morpholine rings is 4. The van der Waals surface area contributed by atoms with Gasteiger partial charge in [0.25, 0.3) is 23.6 Å². The summed E-state index contributed by atoms with van der Waals surface area (Å²) in [6.45, 7) is 22.5. The number of β-amino-alcohol motifs (C(OH)–C–C–N with tert-alkyl or cyclic N) is 1. The number of carbonyl (C=O) groups excluding carboxylic acids is 4. The number of nitrogens with one attached hydrogen (secondary N) is 6. The summed E-state index contributed by atoms with van der Waals surface area (Å²) in [6.07, 6.45) is -17.9. The number of aromatic nitrogens is 8. The lowest BCUT2D eigenvalue weighted by molar-refractivity contribution is -0.138. The third-order valence-corrected chi connectivity index (χ3v) is 25.3. The molecule has 0 bridgehead atoms. The quantitative estimate of drug-likeness (QED) is 0.0292. The summed E-state index contributed by atoms with van der Waals surface area (Å²) in [5, 5.41) is 36.0. The van der Waals surface area contributed by atoms with E-state index in [2.05, 4.69) is 76.3 Å². The van der Waals surface area contributed by atoms with Gasteiger partial charge in [-0.3, -0.25) is 19.2 Å². The van der Waals surface area contributed by atoms with Gasteiger partial charge in [-0.2, -0.15) is 72.6 Å². The highest BCUT2D eigenvalue weighted by Crippen LogP contribution is 2.43. The molecule has 4 amide bonds. The maximum atomic E-state index is 13.1. The number of nitrogens with zero attached hydrogens (tertiary/aromatic N) is 14. The Hall–Kier alpha value is -14.8. The fourth-order valence-electron chi connectivity index (χ4n) is 17.2. The molecular formula is C104H106F12N20O11. The van der Waals surface area contributed by atoms with Crippen LogP contribution in [0.4, 0.5) is 122 Å². The number of amides is 4. The van der Waals surface area contributed by atoms with Crippen LogP contribution in [0.15, 0.2) is 194 Å². The average molecular weight is 2040 g/mol. The number of hydrogen-bond donors (Lipinski definition) is 8. The summed E-state index contributed by atoms with van der Waals surface area (Å²) in [5.74, 6) is 2.41. The maximum absolute atomic E-state index is 13.1. The fourth-order valence-corrected chi connectivity index (χ4v) is 17.2. The van der Waals surface area contributed by atoms with E-state index in [1.54, 1.807) is 61.6 Å². The highest BCUT2D eigenvalue weighted by Gasteiger charge is 2.50. The zero-order valence-corrected chi connectivity index (χ0v) is 80.6. The predicted molar refractivity (Wildman–Crippen MR) is 532 cm³/mol. The predicted octanol–water partition coefficient (Wildman–Crippen LogP) is 17.1. The Kier molecular flexibility index (Phi) is 32.8. The van der Waals surface area contributed by atoms with E-state index in [-0.39, 0.29) is 40.8 Å². The standard InChI is InChI=1S/C28H28F3N5O3.C27H28F3N5O3.C25H26F3N5O3.C24H24F3N5O2/c1-18-5-6-21(32-25(37)19-3-2-4-20(11-19)28(29,30)31)12-22(18)23-13-24(35-7-9-38-10-8-35)34-26(33-23)36-14-27(15-36)16-39-17-27;1-17-5-6-20(31-25(37)18-3-2-4-19(13-18)27(28,29)30)14-22(17)23-15-24(34-9-11-38-12-10-34)33-26(32-23)35-8-7-21(36)16-35;1-16-5-6-19(30-23(35)17-3-2-4-18(13-17)25(26,27)28)14-20(16)21-15-22(33-8-11-36-12-9-33)32-24(31-21)29-7-10-34;1-15-6-7-18(29-22(33)16-4-3-5-17(12-16)24(25,26)27)13-19(15)20-14-21(31-23(28-2)30-20)32-8-10-34-11-9-32/h2-6,11-13H,7-10,14-17H2,1H3,(H,32,37);2-6,13-15,21,36H,7-12,16H2,1H3,(H,31,37);2-6,13-15,34H,7-12H2,1H3,(H,30,35)(H,29,31,32);3-7,12-14H,8-11H2,1-2H3,(H,29,33)(H,28,30,31). The lowest BCUT2D eigenvalue weighted by Crippen LogP contribution is -2.66. The first-order valence-corrected chi connectivity index (χ1v) is 47.4. The van der Waals surface area contributed by atoms with Crippen molar-refractivity contribution in [2.24, 2.45) is 5.41 Å². The number of halogens is 12. The number of aryl methyl sites for hydroxylation is 4. The van der Waals surface area contributed by atoms with Gasteiger partial charge in [0.2, 0.25) is 23.8 Å². The molecule has 19 rings (SSSR count). The molecule has 0 radical (unpaired) electrons. The normalized spacial score (nSPS) is 16.3. The number of aliphatic hydroxyl groups is 2. The Labute approximate surface area is 837 Å². The van der Waals surface area contributed by atoms with Gasteiger partial charge in [0.05, 0.1) is 129 Å². The number of benzene rings is 8. The molecule has 43 heteroatoms. The number of ether oxygens (including phenoxy) is 5. The molecular weight excluding hydrogens is 1930 g/mol. The van der Waals surface area contributed by atoms with Gasteiger partial charge in [0.1, 0.15) is 23.3 Å². The van der Waals surface area contributed by atoms with E-state index >= 15 is 0 Å². The molecule has 7 aliphatic heterocycles. The third-order valence-electron chi connectivity index (χ3n) is 25.3. The van der Waals surface area contributed by atoms with Crippen molar-refractivity contribution < 1.29 is 106 Å². The molecule has 31 nitrogen and oxygen atoms in total. The van der Waals surface area contributed by atoms with Crippen LogP contribution in [-0.2, 0) is 48.4 Å². The van der Waals surface area contributed by atoms with Crippen LogP contribution in [-0.4, -0.2) is 245 Å². The van der Waals surface area contributed by atoms with Crippen molar-refractivity contribution in [3.05, 3.63) is 261 Å². The van der Waals surface area contributed by atoms with Gasteiger partial charge in [0.15, 0.2) is 0 Å². The van der Waals surface area contributed by atoms with Gasteiger partial charge >= 0.3 is 24.7 Å². The van der Waals surface area contributed by atoms with E-state index in [0.717, 1.165) is 150 Å². The average Bonchev–Trinajstić information content (AvgIpc) is 0.805. The fraction of sp³-hybridized carbons (Fsp3) is 0.346. The first kappa shape index (κ1) is 105. The summed E-state index contributed by atoms with van der Waals surface area (Å²) in [5.41, 5.74) is 7.40. The Morgan fingerprint density at radius 2 is 0.646 bits per heavy atom. The second kappa shape index (κ2) is 45.9. The summed E-state index contributed by atoms with van der Waals surface area (Å²) in [6, 6.07) is 46.0. The smallest absolute Gasteiger partial charge is 0.395 e. The van der Waals surface area contributed by atoms with Gasteiger partial charge < -0.3 is 95.2 Å². The number of carbonyl (C=O) groups is 4. The molecule has 7 aliphatic rings. The summed E-state index contributed by atoms with van der Waals surface area (Å²) in [4.78, 5) is 101. The van der Waals surface area contributed by atoms with Crippen LogP contribution >= 0.6 is 0 Å². The van der Waals surface area contributed by atoms with Crippen molar-refractivity contribution in [1.29, 1.82) is 0 Å². The summed E-state index contributed by atoms with van der Waals surface area (Å²) >= 11 is 0. The SMILES string of the molecule is CNc1nc(-c2cc(NC(=O)c3cccc(C(F)(F)F)c3)ccc2C)cc(N2CCOCC2)n1.Cc1ccc(NC(=O)c2cccc(C(F)(F)F)c2)cc1-c1cc(N2CCOCC2)nc(N2CC3(COC3)C2)n1.Cc1ccc(NC(=O)c2cccc(C(F)(F)F)c2)cc1-c1cc(N2CCOCC2)nc(N2CCC(O)C2)n1.Cc1ccc(NC(=O)c2cccc(C(F)(F)F)c2)cc1-c1cc(N2CCOCC2)nc(NCCO)n1. The molecule has 8 N–H and O–H groups in total. The van der Waals surface area contributed by atoms with E-state index in [9.17, 15) is 82.1 Å². The van der Waals surface area contributed by atoms with Crippen molar-refractivity contribution in [3.63, 3.8) is 0 Å². The van der Waals surface area contributed by atoms with Gasteiger partial charge in [-0.15, -0.1) is 0 Å². The minimum atomic E-state index is -4.54. The monoisotopic (exact) mass is 2040 g/mol. The van der Waals surface area contributed by atoms with E-state index in [1.807, 2.05) is 75.1 Å². The van der Waals surface area contributed by atoms with Crippen LogP contribution in [0.1, 0.15) is 92.4 Å². The molecule has 8 aromatic carbocycles. The third kappa shape index (κ3) is 26.8. The molecule has 147 heavy (non-hydrogen) atoms. The lowest BCUT2D eigenvalue weighted by atomic mass is 9.78. The van der Waals surface area contributed by atoms with Gasteiger partial charge in [-0.25, -0.2) is 19.9 Å². The molecule has 4 aromatic heterocycles. The number of aliphatic hydroxyl groups excluding tert-OH is 2. The largest absolute Gasteiger partial charge is 0.416 e. The van der Waals surface area contributed by atoms with E-state index < -0.39 is 76.7 Å². The van der Waals surface area contributed by atoms with Crippen molar-refractivity contribution in [3.8, 4) is 45.0 Å². The van der Waals surface area contributed by atoms with Gasteiger partial charge in [0, 0.05) is 184 Å². The zero-order valence-electron chi connectivity index (χ0n) is 80.6. The molecule has 11 heterocycles. The Balaban J connectivity index is 0.000000140. The molecule has 1 atom stereocenters. The van der Waals surface area contributed by atoms with Crippen molar-refractivity contribution in [2.75, 3.05) is 226 Å². The minimum Gasteiger partial charge on any atom is -0.395 e. The molecule has 0 saturated carbocycles. The molecule has 1 unspecified atom stereocenters. The number of anilines is 12. The molecule has 12 aromatic rings. The number of alkyl halides is 12. The molecule has 7 saturated heterocycles. The highest BCUT2D eigenvalue weighted by atomic mass is 19.4. The van der Waals surface area contributed by atoms with E-state index in [1.165, 1.54) is 48.5 Å². The van der Waals surface area contributed by atoms with Crippen LogP contribution in [0.25, 0.3) is 45.0 Å². The van der Waals surface area contributed by atoms with Crippen LogP contribution in [0.3, 0.4) is 0 Å². The molecule has 772 valence electrons. The second-order valence-corrected chi connectivity index (χ2v) is 36.0. The highest BCUT2D eigenvalue weighted by molar-refractivity contribution is 6.07. The van der Waals surface area contributed by atoms with Crippen LogP contribution in [0.5, 0.6) is 0 Å². The lowest BCUT2D eigenvalue weighted by Gasteiger charge is -2.55. The first-order valence-electron chi connectivity index (χ1n) is 47.4. The Bertz CT molecular complexity index is 6710. The van der Waals surface area contributed by atoms with Crippen molar-refractivity contribution in [1.82, 2.24) is 39.9 Å². The van der Waals surface area contributed by atoms with Crippen LogP contribution in [0, 0.1) is 33.1 Å². The second-order valence-electron chi connectivity index (χ2n) is 36.0. The van der Waals surface area contributed by atoms with Gasteiger partial charge in [-0.05, 0) is 178 Å². The first-order chi connectivity index (χ1) is 70.3. The molecule has 0 aliphatic carbocycles. The van der Waals surface area contributed by atoms with Crippen LogP contribution in [0.2, 0.25) is 0 Å². The Morgan fingerprint density at radius 1 is 0.354 bits per heavy atom. The zero-order chi connectivity index (χ0) is 104. The van der Waals surface area contributed by atoms with E-state index in [4.69, 9.17) is 43.6 Å². The molecule has 7 fully saturated rings. The topological polar surface area (TPSA) is 350 Å². The number of hydrogen-bond acceptors (Lipinski definition) is 27. The summed E-state index contributed by atoms with van der Waals surface area (Å²) < 4.78 is 184. The van der Waals surface area contributed by atoms with E-state index in [0.29, 0.717) is 187 Å². The Morgan fingerprint density at radius 3 is 0.925 bits per heavy atom.